The first-order chi connectivity index (χ1) is 11.5. The smallest absolute Gasteiger partial charge is 0.251 e. The number of benzene rings is 2. The van der Waals surface area contributed by atoms with E-state index < -0.39 is 0 Å². The number of hydrogen-bond donors (Lipinski definition) is 1. The van der Waals surface area contributed by atoms with Crippen molar-refractivity contribution in [3.05, 3.63) is 59.2 Å². The summed E-state index contributed by atoms with van der Waals surface area (Å²) >= 11 is 0. The largest absolute Gasteiger partial charge is 0.497 e. The van der Waals surface area contributed by atoms with Gasteiger partial charge in [0.15, 0.2) is 0 Å². The normalized spacial score (nSPS) is 11.7. The van der Waals surface area contributed by atoms with Crippen LogP contribution in [0.3, 0.4) is 0 Å². The average molecular weight is 327 g/mol. The van der Waals surface area contributed by atoms with Gasteiger partial charge in [0.1, 0.15) is 11.5 Å². The lowest BCUT2D eigenvalue weighted by molar-refractivity contribution is 0.0939. The van der Waals surface area contributed by atoms with E-state index in [-0.39, 0.29) is 11.9 Å². The van der Waals surface area contributed by atoms with Crippen LogP contribution in [0, 0.1) is 6.92 Å². The molecule has 0 spiro atoms. The molecule has 0 fully saturated rings. The summed E-state index contributed by atoms with van der Waals surface area (Å²) in [5.74, 6) is 1.49. The van der Waals surface area contributed by atoms with Gasteiger partial charge in [0.25, 0.3) is 5.91 Å². The topological polar surface area (TPSA) is 47.6 Å². The van der Waals surface area contributed by atoms with Crippen LogP contribution in [0.4, 0.5) is 0 Å². The van der Waals surface area contributed by atoms with Gasteiger partial charge in [-0.1, -0.05) is 18.2 Å². The molecule has 1 atom stereocenters. The van der Waals surface area contributed by atoms with Gasteiger partial charge in [0, 0.05) is 11.6 Å². The monoisotopic (exact) mass is 327 g/mol. The molecule has 0 aliphatic carbocycles. The molecule has 0 saturated heterocycles. The molecule has 0 aliphatic heterocycles. The zero-order valence-electron chi connectivity index (χ0n) is 14.8. The number of amides is 1. The molecule has 0 bridgehead atoms. The van der Waals surface area contributed by atoms with E-state index in [0.717, 1.165) is 29.0 Å². The van der Waals surface area contributed by atoms with E-state index in [0.29, 0.717) is 12.2 Å². The van der Waals surface area contributed by atoms with Crippen molar-refractivity contribution < 1.29 is 14.3 Å². The second-order valence-electron chi connectivity index (χ2n) is 5.84. The van der Waals surface area contributed by atoms with Gasteiger partial charge in [0.2, 0.25) is 0 Å². The minimum Gasteiger partial charge on any atom is -0.497 e. The minimum atomic E-state index is -0.0913. The SMILES string of the molecule is CCOc1cc(C(=O)NC(C)Cc2cccc(OC)c2)ccc1C. The maximum Gasteiger partial charge on any atom is 0.251 e. The number of nitrogens with one attached hydrogen (secondary N) is 1. The van der Waals surface area contributed by atoms with Gasteiger partial charge in [-0.05, 0) is 62.6 Å². The minimum absolute atomic E-state index is 0.0152. The Morgan fingerprint density at radius 1 is 1.21 bits per heavy atom. The van der Waals surface area contributed by atoms with Crippen LogP contribution in [0.1, 0.15) is 35.3 Å². The number of carbonyl (C=O) groups is 1. The molecule has 0 aromatic heterocycles. The molecule has 1 unspecified atom stereocenters. The summed E-state index contributed by atoms with van der Waals surface area (Å²) in [5.41, 5.74) is 2.76. The highest BCUT2D eigenvalue weighted by Crippen LogP contribution is 2.20. The van der Waals surface area contributed by atoms with Crippen LogP contribution < -0.4 is 14.8 Å². The Morgan fingerprint density at radius 2 is 2.00 bits per heavy atom. The van der Waals surface area contributed by atoms with E-state index in [4.69, 9.17) is 9.47 Å². The zero-order valence-corrected chi connectivity index (χ0v) is 14.8. The Balaban J connectivity index is 2.01. The molecule has 1 amide bonds. The number of rotatable bonds is 7. The fourth-order valence-corrected chi connectivity index (χ4v) is 2.56. The fraction of sp³-hybridized carbons (Fsp3) is 0.350. The molecular weight excluding hydrogens is 302 g/mol. The highest BCUT2D eigenvalue weighted by atomic mass is 16.5. The Morgan fingerprint density at radius 3 is 2.71 bits per heavy atom. The first-order valence-corrected chi connectivity index (χ1v) is 8.20. The van der Waals surface area contributed by atoms with E-state index in [1.807, 2.05) is 57.2 Å². The van der Waals surface area contributed by atoms with Crippen LogP contribution in [0.15, 0.2) is 42.5 Å². The van der Waals surface area contributed by atoms with Gasteiger partial charge < -0.3 is 14.8 Å². The maximum absolute atomic E-state index is 12.4. The highest BCUT2D eigenvalue weighted by molar-refractivity contribution is 5.94. The second kappa shape index (κ2) is 8.39. The summed E-state index contributed by atoms with van der Waals surface area (Å²) in [7, 11) is 1.65. The summed E-state index contributed by atoms with van der Waals surface area (Å²) in [6.45, 7) is 6.48. The van der Waals surface area contributed by atoms with Gasteiger partial charge in [-0.15, -0.1) is 0 Å². The quantitative estimate of drug-likeness (QED) is 0.842. The van der Waals surface area contributed by atoms with Gasteiger partial charge in [0.05, 0.1) is 13.7 Å². The standard InChI is InChI=1S/C20H25NO3/c1-5-24-19-13-17(10-9-14(19)2)20(22)21-15(3)11-16-7-6-8-18(12-16)23-4/h6-10,12-13,15H,5,11H2,1-4H3,(H,21,22). The molecule has 0 radical (unpaired) electrons. The predicted molar refractivity (Wildman–Crippen MR) is 96.0 cm³/mol. The predicted octanol–water partition coefficient (Wildman–Crippen LogP) is 3.76. The average Bonchev–Trinajstić information content (AvgIpc) is 2.57. The summed E-state index contributed by atoms with van der Waals surface area (Å²) in [5, 5.41) is 3.04. The Labute approximate surface area is 143 Å². The molecule has 2 aromatic carbocycles. The number of methoxy groups -OCH3 is 1. The van der Waals surface area contributed by atoms with E-state index in [9.17, 15) is 4.79 Å². The molecule has 2 aromatic rings. The van der Waals surface area contributed by atoms with Gasteiger partial charge in [-0.2, -0.15) is 0 Å². The van der Waals surface area contributed by atoms with Gasteiger partial charge >= 0.3 is 0 Å². The molecule has 24 heavy (non-hydrogen) atoms. The molecule has 2 rings (SSSR count). The summed E-state index contributed by atoms with van der Waals surface area (Å²) in [4.78, 5) is 12.4. The van der Waals surface area contributed by atoms with Crippen molar-refractivity contribution in [2.24, 2.45) is 0 Å². The third-order valence-corrected chi connectivity index (χ3v) is 3.80. The van der Waals surface area contributed by atoms with Crippen LogP contribution in [0.2, 0.25) is 0 Å². The Kier molecular flexibility index (Phi) is 6.24. The maximum atomic E-state index is 12.4. The Bertz CT molecular complexity index is 697. The number of aryl methyl sites for hydroxylation is 1. The molecule has 4 nitrogen and oxygen atoms in total. The van der Waals surface area contributed by atoms with Crippen molar-refractivity contribution in [3.63, 3.8) is 0 Å². The van der Waals surface area contributed by atoms with E-state index in [1.54, 1.807) is 13.2 Å². The van der Waals surface area contributed by atoms with Crippen molar-refractivity contribution in [2.75, 3.05) is 13.7 Å². The second-order valence-corrected chi connectivity index (χ2v) is 5.84. The lowest BCUT2D eigenvalue weighted by Gasteiger charge is -2.15. The van der Waals surface area contributed by atoms with Crippen molar-refractivity contribution in [1.29, 1.82) is 0 Å². The van der Waals surface area contributed by atoms with Crippen molar-refractivity contribution in [3.8, 4) is 11.5 Å². The number of carbonyl (C=O) groups excluding carboxylic acids is 1. The van der Waals surface area contributed by atoms with Crippen LogP contribution in [-0.4, -0.2) is 25.7 Å². The van der Waals surface area contributed by atoms with Crippen molar-refractivity contribution in [1.82, 2.24) is 5.32 Å². The van der Waals surface area contributed by atoms with Gasteiger partial charge in [-0.25, -0.2) is 0 Å². The van der Waals surface area contributed by atoms with Crippen molar-refractivity contribution in [2.45, 2.75) is 33.2 Å². The zero-order chi connectivity index (χ0) is 17.5. The third-order valence-electron chi connectivity index (χ3n) is 3.80. The molecule has 0 saturated carbocycles. The van der Waals surface area contributed by atoms with E-state index in [2.05, 4.69) is 5.32 Å². The van der Waals surface area contributed by atoms with Gasteiger partial charge in [-0.3, -0.25) is 4.79 Å². The number of ether oxygens (including phenoxy) is 2. The van der Waals surface area contributed by atoms with E-state index >= 15 is 0 Å². The third kappa shape index (κ3) is 4.75. The molecule has 128 valence electrons. The van der Waals surface area contributed by atoms with Crippen LogP contribution >= 0.6 is 0 Å². The fourth-order valence-electron chi connectivity index (χ4n) is 2.56. The first-order valence-electron chi connectivity index (χ1n) is 8.20. The lowest BCUT2D eigenvalue weighted by atomic mass is 10.1. The van der Waals surface area contributed by atoms with E-state index in [1.165, 1.54) is 0 Å². The summed E-state index contributed by atoms with van der Waals surface area (Å²) in [6, 6.07) is 13.4. The first kappa shape index (κ1) is 17.9. The van der Waals surface area contributed by atoms with Crippen LogP contribution in [0.25, 0.3) is 0 Å². The van der Waals surface area contributed by atoms with Crippen molar-refractivity contribution >= 4 is 5.91 Å². The highest BCUT2D eigenvalue weighted by Gasteiger charge is 2.12. The summed E-state index contributed by atoms with van der Waals surface area (Å²) < 4.78 is 10.8. The lowest BCUT2D eigenvalue weighted by Crippen LogP contribution is -2.34. The van der Waals surface area contributed by atoms with Crippen LogP contribution in [-0.2, 0) is 6.42 Å². The molecule has 0 aliphatic rings. The Hall–Kier alpha value is -2.49. The molecule has 1 N–H and O–H groups in total. The summed E-state index contributed by atoms with van der Waals surface area (Å²) in [6.07, 6.45) is 0.743. The molecule has 0 heterocycles. The molecule has 4 heteroatoms. The molecular formula is C20H25NO3. The number of hydrogen-bond acceptors (Lipinski definition) is 3. The van der Waals surface area contributed by atoms with Crippen LogP contribution in [0.5, 0.6) is 11.5 Å².